The Labute approximate surface area is 149 Å². The minimum atomic E-state index is -0.139. The maximum absolute atomic E-state index is 12.7. The molecule has 0 saturated heterocycles. The van der Waals surface area contributed by atoms with Gasteiger partial charge in [-0.25, -0.2) is 0 Å². The fourth-order valence-electron chi connectivity index (χ4n) is 3.04. The molecular formula is C22H25NO2. The molecule has 25 heavy (non-hydrogen) atoms. The van der Waals surface area contributed by atoms with Crippen molar-refractivity contribution in [3.05, 3.63) is 76.9 Å². The molecule has 0 bridgehead atoms. The van der Waals surface area contributed by atoms with Crippen LogP contribution in [0.4, 0.5) is 5.69 Å². The third-order valence-electron chi connectivity index (χ3n) is 4.27. The van der Waals surface area contributed by atoms with Crippen molar-refractivity contribution in [2.24, 2.45) is 0 Å². The van der Waals surface area contributed by atoms with Crippen molar-refractivity contribution in [2.75, 3.05) is 5.73 Å². The quantitative estimate of drug-likeness (QED) is 0.416. The van der Waals surface area contributed by atoms with E-state index in [-0.39, 0.29) is 11.6 Å². The largest absolute Gasteiger partial charge is 0.398 e. The summed E-state index contributed by atoms with van der Waals surface area (Å²) in [5.41, 5.74) is 9.41. The van der Waals surface area contributed by atoms with Gasteiger partial charge in [-0.15, -0.1) is 6.58 Å². The van der Waals surface area contributed by atoms with E-state index in [9.17, 15) is 9.59 Å². The van der Waals surface area contributed by atoms with Crippen molar-refractivity contribution < 1.29 is 9.59 Å². The van der Waals surface area contributed by atoms with Crippen molar-refractivity contribution in [3.8, 4) is 0 Å². The minimum Gasteiger partial charge on any atom is -0.398 e. The van der Waals surface area contributed by atoms with E-state index < -0.39 is 0 Å². The number of fused-ring (bicyclic) bond motifs is 2. The van der Waals surface area contributed by atoms with Gasteiger partial charge >= 0.3 is 0 Å². The highest BCUT2D eigenvalue weighted by molar-refractivity contribution is 6.30. The van der Waals surface area contributed by atoms with E-state index in [0.717, 1.165) is 31.2 Å². The van der Waals surface area contributed by atoms with Gasteiger partial charge in [0.1, 0.15) is 0 Å². The number of allylic oxidation sites excluding steroid dienone is 1. The number of nitrogen functional groups attached to an aromatic ring is 1. The maximum atomic E-state index is 12.7. The number of hydrogen-bond acceptors (Lipinski definition) is 3. The molecular weight excluding hydrogens is 310 g/mol. The van der Waals surface area contributed by atoms with E-state index in [4.69, 9.17) is 5.73 Å². The lowest BCUT2D eigenvalue weighted by Gasteiger charge is -2.20. The lowest BCUT2D eigenvalue weighted by atomic mass is 9.82. The second kappa shape index (κ2) is 8.43. The number of carbonyl (C=O) groups is 2. The molecule has 2 aromatic carbocycles. The third kappa shape index (κ3) is 3.71. The van der Waals surface area contributed by atoms with E-state index in [1.165, 1.54) is 0 Å². The van der Waals surface area contributed by atoms with Gasteiger partial charge in [0.05, 0.1) is 5.56 Å². The average molecular weight is 335 g/mol. The third-order valence-corrected chi connectivity index (χ3v) is 4.27. The van der Waals surface area contributed by atoms with E-state index in [2.05, 4.69) is 13.5 Å². The molecule has 0 aromatic heterocycles. The number of hydrogen-bond donors (Lipinski definition) is 1. The predicted molar refractivity (Wildman–Crippen MR) is 103 cm³/mol. The van der Waals surface area contributed by atoms with E-state index in [0.29, 0.717) is 27.9 Å². The fourth-order valence-corrected chi connectivity index (χ4v) is 3.04. The Morgan fingerprint density at radius 2 is 1.56 bits per heavy atom. The Balaban J connectivity index is 0.000000701. The second-order valence-corrected chi connectivity index (χ2v) is 6.13. The number of nitrogens with two attached hydrogens (primary N) is 1. The highest BCUT2D eigenvalue weighted by Crippen LogP contribution is 2.33. The Morgan fingerprint density at radius 1 is 0.960 bits per heavy atom. The zero-order valence-corrected chi connectivity index (χ0v) is 15.0. The summed E-state index contributed by atoms with van der Waals surface area (Å²) in [6, 6.07) is 10.6. The van der Waals surface area contributed by atoms with Gasteiger partial charge in [-0.3, -0.25) is 9.59 Å². The first-order valence-electron chi connectivity index (χ1n) is 8.73. The lowest BCUT2D eigenvalue weighted by Crippen LogP contribution is -2.23. The molecule has 0 spiro atoms. The molecule has 0 radical (unpaired) electrons. The summed E-state index contributed by atoms with van der Waals surface area (Å²) in [6.07, 6.45) is 5.90. The molecule has 1 aliphatic carbocycles. The SMILES string of the molecule is C=CC.CCCCCc1ccc2c(c1N)C(=O)c1ccccc1C2=O. The van der Waals surface area contributed by atoms with Gasteiger partial charge in [0.2, 0.25) is 0 Å². The number of carbonyl (C=O) groups excluding carboxylic acids is 2. The summed E-state index contributed by atoms with van der Waals surface area (Å²) in [5, 5.41) is 0. The Morgan fingerprint density at radius 3 is 2.16 bits per heavy atom. The van der Waals surface area contributed by atoms with Crippen LogP contribution in [0.2, 0.25) is 0 Å². The number of ketones is 2. The van der Waals surface area contributed by atoms with Gasteiger partial charge in [-0.2, -0.15) is 0 Å². The normalized spacial score (nSPS) is 11.9. The Hall–Kier alpha value is -2.68. The number of unbranched alkanes of at least 4 members (excludes halogenated alkanes) is 2. The zero-order chi connectivity index (χ0) is 18.4. The molecule has 2 aromatic rings. The summed E-state index contributed by atoms with van der Waals surface area (Å²) < 4.78 is 0. The first kappa shape index (κ1) is 18.7. The molecule has 0 heterocycles. The summed E-state index contributed by atoms with van der Waals surface area (Å²) >= 11 is 0. The molecule has 2 N–H and O–H groups in total. The number of benzene rings is 2. The first-order chi connectivity index (χ1) is 12.1. The van der Waals surface area contributed by atoms with Crippen LogP contribution in [0.1, 0.15) is 70.5 Å². The number of aryl methyl sites for hydroxylation is 1. The molecule has 0 amide bonds. The van der Waals surface area contributed by atoms with Crippen molar-refractivity contribution in [1.82, 2.24) is 0 Å². The van der Waals surface area contributed by atoms with Crippen molar-refractivity contribution in [2.45, 2.75) is 39.5 Å². The van der Waals surface area contributed by atoms with Crippen LogP contribution in [0.15, 0.2) is 49.1 Å². The Kier molecular flexibility index (Phi) is 6.29. The lowest BCUT2D eigenvalue weighted by molar-refractivity contribution is 0.0979. The van der Waals surface area contributed by atoms with E-state index in [1.807, 2.05) is 13.0 Å². The number of anilines is 1. The molecule has 0 aliphatic heterocycles. The van der Waals surface area contributed by atoms with Crippen LogP contribution >= 0.6 is 0 Å². The molecule has 130 valence electrons. The van der Waals surface area contributed by atoms with Gasteiger partial charge in [-0.1, -0.05) is 56.2 Å². The van der Waals surface area contributed by atoms with Gasteiger partial charge < -0.3 is 5.73 Å². The minimum absolute atomic E-state index is 0.114. The van der Waals surface area contributed by atoms with Crippen LogP contribution in [0.5, 0.6) is 0 Å². The van der Waals surface area contributed by atoms with Crippen LogP contribution in [-0.4, -0.2) is 11.6 Å². The molecule has 0 fully saturated rings. The summed E-state index contributed by atoms with van der Waals surface area (Å²) in [6.45, 7) is 7.40. The van der Waals surface area contributed by atoms with Crippen LogP contribution in [-0.2, 0) is 6.42 Å². The van der Waals surface area contributed by atoms with Gasteiger partial charge in [0, 0.05) is 22.4 Å². The molecule has 0 unspecified atom stereocenters. The standard InChI is InChI=1S/C19H19NO2.C3H6/c1-2-3-4-7-12-10-11-15-16(17(12)20)19(22)14-9-6-5-8-13(14)18(15)21;1-3-2/h5-6,8-11H,2-4,7,20H2,1H3;3H,1H2,2H3. The second-order valence-electron chi connectivity index (χ2n) is 6.13. The van der Waals surface area contributed by atoms with Gasteiger partial charge in [0.15, 0.2) is 11.6 Å². The number of rotatable bonds is 4. The first-order valence-corrected chi connectivity index (χ1v) is 8.73. The van der Waals surface area contributed by atoms with E-state index in [1.54, 1.807) is 36.4 Å². The molecule has 3 heteroatoms. The van der Waals surface area contributed by atoms with Crippen LogP contribution in [0, 0.1) is 0 Å². The summed E-state index contributed by atoms with van der Waals surface area (Å²) in [4.78, 5) is 25.3. The molecule has 0 saturated carbocycles. The highest BCUT2D eigenvalue weighted by Gasteiger charge is 2.31. The maximum Gasteiger partial charge on any atom is 0.196 e. The van der Waals surface area contributed by atoms with Crippen molar-refractivity contribution in [3.63, 3.8) is 0 Å². The highest BCUT2D eigenvalue weighted by atomic mass is 16.1. The molecule has 0 atom stereocenters. The Bertz CT molecular complexity index is 806. The summed E-state index contributed by atoms with van der Waals surface area (Å²) in [5.74, 6) is -0.253. The van der Waals surface area contributed by atoms with Crippen LogP contribution < -0.4 is 5.73 Å². The van der Waals surface area contributed by atoms with Gasteiger partial charge in [-0.05, 0) is 31.4 Å². The van der Waals surface area contributed by atoms with Crippen LogP contribution in [0.3, 0.4) is 0 Å². The van der Waals surface area contributed by atoms with Crippen molar-refractivity contribution >= 4 is 17.3 Å². The molecule has 3 rings (SSSR count). The molecule has 1 aliphatic rings. The van der Waals surface area contributed by atoms with E-state index >= 15 is 0 Å². The summed E-state index contributed by atoms with van der Waals surface area (Å²) in [7, 11) is 0. The predicted octanol–water partition coefficient (Wildman–Crippen LogP) is 4.97. The van der Waals surface area contributed by atoms with Gasteiger partial charge in [0.25, 0.3) is 0 Å². The molecule has 3 nitrogen and oxygen atoms in total. The fraction of sp³-hybridized carbons (Fsp3) is 0.273. The smallest absolute Gasteiger partial charge is 0.196 e. The van der Waals surface area contributed by atoms with Crippen molar-refractivity contribution in [1.29, 1.82) is 0 Å². The topological polar surface area (TPSA) is 60.2 Å². The average Bonchev–Trinajstić information content (AvgIpc) is 2.62. The monoisotopic (exact) mass is 335 g/mol. The van der Waals surface area contributed by atoms with Crippen LogP contribution in [0.25, 0.3) is 0 Å². The zero-order valence-electron chi connectivity index (χ0n) is 15.0.